The van der Waals surface area contributed by atoms with E-state index >= 15 is 0 Å². The lowest BCUT2D eigenvalue weighted by molar-refractivity contribution is 1.08. The Morgan fingerprint density at radius 1 is 0.293 bits per heavy atom. The Morgan fingerprint density at radius 2 is 0.655 bits per heavy atom. The standard InChI is InChI=1S/C52H32N6/c53-33-34-24-26-35(27-25-34)39-28-29-44(41-21-11-10-20-40(39)41)47-32-48(55-49(54-47)36-14-4-1-5-15-36)45-30-31-46(43-23-13-12-22-42(43)45)52-57-50(37-16-6-2-7-17-37)56-51(58-52)38-18-8-3-9-19-38/h1-32H. The highest BCUT2D eigenvalue weighted by Gasteiger charge is 2.19. The maximum Gasteiger partial charge on any atom is 0.164 e. The molecule has 0 unspecified atom stereocenters. The first-order valence-electron chi connectivity index (χ1n) is 19.1. The maximum atomic E-state index is 9.40. The first-order chi connectivity index (χ1) is 28.7. The van der Waals surface area contributed by atoms with Gasteiger partial charge in [0.05, 0.1) is 23.0 Å². The van der Waals surface area contributed by atoms with Gasteiger partial charge in [0.25, 0.3) is 0 Å². The molecule has 8 aromatic carbocycles. The van der Waals surface area contributed by atoms with Gasteiger partial charge in [-0.15, -0.1) is 0 Å². The van der Waals surface area contributed by atoms with E-state index in [1.807, 2.05) is 115 Å². The fourth-order valence-electron chi connectivity index (χ4n) is 7.58. The van der Waals surface area contributed by atoms with Crippen molar-refractivity contribution in [1.29, 1.82) is 5.26 Å². The minimum Gasteiger partial charge on any atom is -0.228 e. The molecule has 0 fully saturated rings. The molecule has 0 aliphatic rings. The van der Waals surface area contributed by atoms with Crippen LogP contribution >= 0.6 is 0 Å². The number of rotatable bonds is 7. The Bertz CT molecular complexity index is 3100. The summed E-state index contributed by atoms with van der Waals surface area (Å²) in [6.07, 6.45) is 0. The highest BCUT2D eigenvalue weighted by Crippen LogP contribution is 2.40. The van der Waals surface area contributed by atoms with Crippen molar-refractivity contribution in [2.45, 2.75) is 0 Å². The molecule has 0 aliphatic carbocycles. The Balaban J connectivity index is 1.16. The predicted octanol–water partition coefficient (Wildman–Crippen LogP) is 12.5. The van der Waals surface area contributed by atoms with E-state index in [1.54, 1.807) is 0 Å². The van der Waals surface area contributed by atoms with Gasteiger partial charge in [-0.05, 0) is 56.9 Å². The summed E-state index contributed by atoms with van der Waals surface area (Å²) in [5.41, 5.74) is 10.0. The molecule has 10 aromatic rings. The van der Waals surface area contributed by atoms with Gasteiger partial charge in [0, 0.05) is 33.4 Å². The summed E-state index contributed by atoms with van der Waals surface area (Å²) in [5.74, 6) is 2.46. The average Bonchev–Trinajstić information content (AvgIpc) is 3.31. The summed E-state index contributed by atoms with van der Waals surface area (Å²) < 4.78 is 0. The number of aromatic nitrogens is 5. The Labute approximate surface area is 335 Å². The number of nitrogens with zero attached hydrogens (tertiary/aromatic N) is 6. The molecule has 0 spiro atoms. The molecule has 0 atom stereocenters. The van der Waals surface area contributed by atoms with Crippen molar-refractivity contribution >= 4 is 21.5 Å². The molecular weight excluding hydrogens is 709 g/mol. The van der Waals surface area contributed by atoms with Crippen LogP contribution in [0.4, 0.5) is 0 Å². The molecule has 6 nitrogen and oxygen atoms in total. The van der Waals surface area contributed by atoms with Crippen molar-refractivity contribution in [3.63, 3.8) is 0 Å². The second kappa shape index (κ2) is 14.8. The van der Waals surface area contributed by atoms with Gasteiger partial charge in [-0.1, -0.05) is 170 Å². The molecule has 270 valence electrons. The van der Waals surface area contributed by atoms with E-state index in [0.29, 0.717) is 28.9 Å². The highest BCUT2D eigenvalue weighted by molar-refractivity contribution is 6.06. The first kappa shape index (κ1) is 34.4. The van der Waals surface area contributed by atoms with Crippen LogP contribution in [-0.4, -0.2) is 24.9 Å². The monoisotopic (exact) mass is 740 g/mol. The van der Waals surface area contributed by atoms with E-state index in [-0.39, 0.29) is 0 Å². The molecule has 10 rings (SSSR count). The summed E-state index contributed by atoms with van der Waals surface area (Å²) >= 11 is 0. The zero-order valence-electron chi connectivity index (χ0n) is 31.2. The average molecular weight is 741 g/mol. The van der Waals surface area contributed by atoms with Crippen LogP contribution < -0.4 is 0 Å². The summed E-state index contributed by atoms with van der Waals surface area (Å²) in [4.78, 5) is 25.5. The third-order valence-corrected chi connectivity index (χ3v) is 10.4. The van der Waals surface area contributed by atoms with E-state index in [4.69, 9.17) is 24.9 Å². The molecule has 0 saturated carbocycles. The molecule has 0 N–H and O–H groups in total. The Kier molecular flexibility index (Phi) is 8.79. The van der Waals surface area contributed by atoms with Crippen molar-refractivity contribution in [1.82, 2.24) is 24.9 Å². The van der Waals surface area contributed by atoms with Crippen LogP contribution in [0.3, 0.4) is 0 Å². The van der Waals surface area contributed by atoms with Crippen molar-refractivity contribution in [2.75, 3.05) is 0 Å². The molecule has 2 heterocycles. The van der Waals surface area contributed by atoms with Gasteiger partial charge in [-0.25, -0.2) is 24.9 Å². The van der Waals surface area contributed by atoms with Gasteiger partial charge in [-0.2, -0.15) is 5.26 Å². The van der Waals surface area contributed by atoms with E-state index in [9.17, 15) is 5.26 Å². The van der Waals surface area contributed by atoms with E-state index in [1.165, 1.54) is 0 Å². The maximum absolute atomic E-state index is 9.40. The summed E-state index contributed by atoms with van der Waals surface area (Å²) in [6, 6.07) is 67.6. The number of hydrogen-bond donors (Lipinski definition) is 0. The minimum absolute atomic E-state index is 0.595. The van der Waals surface area contributed by atoms with Crippen LogP contribution in [-0.2, 0) is 0 Å². The molecular formula is C52H32N6. The summed E-state index contributed by atoms with van der Waals surface area (Å²) in [5, 5.41) is 13.6. The van der Waals surface area contributed by atoms with Gasteiger partial charge < -0.3 is 0 Å². The largest absolute Gasteiger partial charge is 0.228 e. The quantitative estimate of drug-likeness (QED) is 0.162. The zero-order chi connectivity index (χ0) is 38.8. The van der Waals surface area contributed by atoms with Crippen LogP contribution in [0.15, 0.2) is 194 Å². The lowest BCUT2D eigenvalue weighted by Gasteiger charge is -2.15. The van der Waals surface area contributed by atoms with Crippen LogP contribution in [0.5, 0.6) is 0 Å². The van der Waals surface area contributed by atoms with Crippen molar-refractivity contribution < 1.29 is 0 Å². The lowest BCUT2D eigenvalue weighted by atomic mass is 9.92. The van der Waals surface area contributed by atoms with E-state index in [0.717, 1.165) is 77.4 Å². The molecule has 0 saturated heterocycles. The topological polar surface area (TPSA) is 88.2 Å². The summed E-state index contributed by atoms with van der Waals surface area (Å²) in [7, 11) is 0. The van der Waals surface area contributed by atoms with Crippen molar-refractivity contribution in [3.8, 4) is 85.3 Å². The smallest absolute Gasteiger partial charge is 0.164 e. The van der Waals surface area contributed by atoms with Crippen LogP contribution in [0.2, 0.25) is 0 Å². The third kappa shape index (κ3) is 6.43. The second-order valence-electron chi connectivity index (χ2n) is 14.0. The fraction of sp³-hybridized carbons (Fsp3) is 0. The van der Waals surface area contributed by atoms with Gasteiger partial charge in [-0.3, -0.25) is 0 Å². The van der Waals surface area contributed by atoms with Crippen molar-refractivity contribution in [3.05, 3.63) is 200 Å². The second-order valence-corrected chi connectivity index (χ2v) is 14.0. The van der Waals surface area contributed by atoms with Gasteiger partial charge in [0.1, 0.15) is 0 Å². The summed E-state index contributed by atoms with van der Waals surface area (Å²) in [6.45, 7) is 0. The minimum atomic E-state index is 0.595. The molecule has 6 heteroatoms. The SMILES string of the molecule is N#Cc1ccc(-c2ccc(-c3cc(-c4ccc(-c5nc(-c6ccccc6)nc(-c6ccccc6)n5)c5ccccc45)nc(-c4ccccc4)n3)c3ccccc23)cc1. The van der Waals surface area contributed by atoms with Gasteiger partial charge in [0.2, 0.25) is 0 Å². The molecule has 0 bridgehead atoms. The van der Waals surface area contributed by atoms with Crippen LogP contribution in [0.25, 0.3) is 101 Å². The van der Waals surface area contributed by atoms with Gasteiger partial charge in [0.15, 0.2) is 23.3 Å². The predicted molar refractivity (Wildman–Crippen MR) is 233 cm³/mol. The number of benzene rings is 8. The van der Waals surface area contributed by atoms with E-state index in [2.05, 4.69) is 84.9 Å². The third-order valence-electron chi connectivity index (χ3n) is 10.4. The van der Waals surface area contributed by atoms with Crippen LogP contribution in [0, 0.1) is 11.3 Å². The first-order valence-corrected chi connectivity index (χ1v) is 19.1. The normalized spacial score (nSPS) is 11.1. The number of fused-ring (bicyclic) bond motifs is 2. The molecule has 0 radical (unpaired) electrons. The lowest BCUT2D eigenvalue weighted by Crippen LogP contribution is -2.01. The van der Waals surface area contributed by atoms with E-state index < -0.39 is 0 Å². The fourth-order valence-corrected chi connectivity index (χ4v) is 7.58. The molecule has 58 heavy (non-hydrogen) atoms. The highest BCUT2D eigenvalue weighted by atomic mass is 15.0. The number of hydrogen-bond acceptors (Lipinski definition) is 6. The molecule has 0 amide bonds. The molecule has 2 aromatic heterocycles. The molecule has 0 aliphatic heterocycles. The zero-order valence-corrected chi connectivity index (χ0v) is 31.2. The van der Waals surface area contributed by atoms with Crippen LogP contribution in [0.1, 0.15) is 5.56 Å². The van der Waals surface area contributed by atoms with Crippen molar-refractivity contribution in [2.24, 2.45) is 0 Å². The van der Waals surface area contributed by atoms with Gasteiger partial charge >= 0.3 is 0 Å². The Morgan fingerprint density at radius 3 is 1.12 bits per heavy atom. The number of nitriles is 1. The Hall–Kier alpha value is -8.14.